The molecule has 0 saturated carbocycles. The molecular formula is C15H12BrFO3S. The Hall–Kier alpha value is -1.66. The first-order valence-corrected chi connectivity index (χ1v) is 8.50. The van der Waals surface area contributed by atoms with Crippen molar-refractivity contribution in [3.05, 3.63) is 69.3 Å². The van der Waals surface area contributed by atoms with Crippen molar-refractivity contribution in [1.29, 1.82) is 0 Å². The highest BCUT2D eigenvalue weighted by atomic mass is 79.9. The van der Waals surface area contributed by atoms with Gasteiger partial charge in [-0.25, -0.2) is 12.8 Å². The summed E-state index contributed by atoms with van der Waals surface area (Å²) in [6.07, 6.45) is 1.41. The maximum atomic E-state index is 12.7. The first-order chi connectivity index (χ1) is 9.85. The van der Waals surface area contributed by atoms with E-state index >= 15 is 0 Å². The number of halogens is 2. The zero-order valence-electron chi connectivity index (χ0n) is 10.8. The smallest absolute Gasteiger partial charge is 0.175 e. The molecule has 0 saturated heterocycles. The predicted octanol–water partition coefficient (Wildman–Crippen LogP) is 3.88. The van der Waals surface area contributed by atoms with E-state index in [1.165, 1.54) is 36.4 Å². The number of phenolic OH excluding ortho intramolecular Hbond substituents is 1. The molecule has 0 unspecified atom stereocenters. The quantitative estimate of drug-likeness (QED) is 0.888. The minimum atomic E-state index is -3.47. The van der Waals surface area contributed by atoms with Gasteiger partial charge < -0.3 is 5.11 Å². The Morgan fingerprint density at radius 2 is 1.81 bits per heavy atom. The van der Waals surface area contributed by atoms with Crippen LogP contribution < -0.4 is 0 Å². The standard InChI is InChI=1S/C15H12BrFO3S/c16-14-6-3-12(9-15(14)18)10-21(19,20)8-7-11-1-4-13(17)5-2-11/h1-9,18H,10H2. The SMILES string of the molecule is O=S(=O)(C=Cc1ccc(F)cc1)Cc1ccc(Br)c(O)c1. The lowest BCUT2D eigenvalue weighted by molar-refractivity contribution is 0.471. The second kappa shape index (κ2) is 6.41. The fourth-order valence-corrected chi connectivity index (χ4v) is 3.04. The molecule has 21 heavy (non-hydrogen) atoms. The lowest BCUT2D eigenvalue weighted by Gasteiger charge is -2.02. The van der Waals surface area contributed by atoms with Gasteiger partial charge in [0.2, 0.25) is 0 Å². The van der Waals surface area contributed by atoms with E-state index in [2.05, 4.69) is 15.9 Å². The van der Waals surface area contributed by atoms with Crippen LogP contribution in [0.4, 0.5) is 4.39 Å². The average molecular weight is 371 g/mol. The molecule has 0 aliphatic carbocycles. The molecule has 2 aromatic rings. The number of aromatic hydroxyl groups is 1. The molecule has 2 rings (SSSR count). The van der Waals surface area contributed by atoms with Crippen molar-refractivity contribution in [3.63, 3.8) is 0 Å². The van der Waals surface area contributed by atoms with Crippen molar-refractivity contribution in [2.24, 2.45) is 0 Å². The third kappa shape index (κ3) is 4.68. The van der Waals surface area contributed by atoms with Gasteiger partial charge in [-0.05, 0) is 57.4 Å². The first-order valence-electron chi connectivity index (χ1n) is 5.99. The van der Waals surface area contributed by atoms with Crippen molar-refractivity contribution in [2.45, 2.75) is 5.75 Å². The zero-order valence-corrected chi connectivity index (χ0v) is 13.2. The highest BCUT2D eigenvalue weighted by Gasteiger charge is 2.09. The Bertz CT molecular complexity index is 768. The van der Waals surface area contributed by atoms with Crippen LogP contribution in [0.2, 0.25) is 0 Å². The second-order valence-corrected chi connectivity index (χ2v) is 7.19. The number of sulfone groups is 1. The summed E-state index contributed by atoms with van der Waals surface area (Å²) in [7, 11) is -3.47. The van der Waals surface area contributed by atoms with Crippen molar-refractivity contribution in [3.8, 4) is 5.75 Å². The van der Waals surface area contributed by atoms with Crippen molar-refractivity contribution in [2.75, 3.05) is 0 Å². The molecule has 0 bridgehead atoms. The Morgan fingerprint density at radius 3 is 2.43 bits per heavy atom. The molecule has 0 spiro atoms. The monoisotopic (exact) mass is 370 g/mol. The molecule has 0 atom stereocenters. The first kappa shape index (κ1) is 15.7. The van der Waals surface area contributed by atoms with Crippen molar-refractivity contribution >= 4 is 31.8 Å². The number of phenols is 1. The largest absolute Gasteiger partial charge is 0.507 e. The van der Waals surface area contributed by atoms with Gasteiger partial charge in [0.05, 0.1) is 10.2 Å². The van der Waals surface area contributed by atoms with E-state index in [9.17, 15) is 17.9 Å². The molecule has 1 N–H and O–H groups in total. The summed E-state index contributed by atoms with van der Waals surface area (Å²) >= 11 is 3.13. The van der Waals surface area contributed by atoms with Gasteiger partial charge in [-0.3, -0.25) is 0 Å². The van der Waals surface area contributed by atoms with E-state index in [4.69, 9.17) is 0 Å². The molecule has 2 aromatic carbocycles. The van der Waals surface area contributed by atoms with Gasteiger partial charge >= 0.3 is 0 Å². The van der Waals surface area contributed by atoms with Crippen LogP contribution in [-0.4, -0.2) is 13.5 Å². The molecule has 0 aliphatic heterocycles. The van der Waals surface area contributed by atoms with Gasteiger partial charge in [0, 0.05) is 5.41 Å². The summed E-state index contributed by atoms with van der Waals surface area (Å²) < 4.78 is 37.2. The van der Waals surface area contributed by atoms with E-state index in [1.807, 2.05) is 0 Å². The van der Waals surface area contributed by atoms with Gasteiger partial charge in [0.25, 0.3) is 0 Å². The molecule has 0 aliphatic rings. The highest BCUT2D eigenvalue weighted by Crippen LogP contribution is 2.25. The van der Waals surface area contributed by atoms with Crippen LogP contribution in [0.3, 0.4) is 0 Å². The average Bonchev–Trinajstić information content (AvgIpc) is 2.42. The zero-order chi connectivity index (χ0) is 15.5. The molecule has 3 nitrogen and oxygen atoms in total. The lowest BCUT2D eigenvalue weighted by atomic mass is 10.2. The van der Waals surface area contributed by atoms with Crippen LogP contribution >= 0.6 is 15.9 Å². The summed E-state index contributed by atoms with van der Waals surface area (Å²) in [6.45, 7) is 0. The van der Waals surface area contributed by atoms with Crippen LogP contribution in [0.15, 0.2) is 52.3 Å². The third-order valence-electron chi connectivity index (χ3n) is 2.72. The maximum absolute atomic E-state index is 12.7. The van der Waals surface area contributed by atoms with Crippen LogP contribution in [0.25, 0.3) is 6.08 Å². The summed E-state index contributed by atoms with van der Waals surface area (Å²) in [5.74, 6) is -0.600. The Labute approximate surface area is 130 Å². The fraction of sp³-hybridized carbons (Fsp3) is 0.0667. The van der Waals surface area contributed by atoms with Gasteiger partial charge in [0.1, 0.15) is 11.6 Å². The van der Waals surface area contributed by atoms with Crippen LogP contribution in [0.1, 0.15) is 11.1 Å². The van der Waals surface area contributed by atoms with E-state index in [1.54, 1.807) is 12.1 Å². The minimum Gasteiger partial charge on any atom is -0.507 e. The van der Waals surface area contributed by atoms with E-state index in [-0.39, 0.29) is 17.3 Å². The summed E-state index contributed by atoms with van der Waals surface area (Å²) in [6, 6.07) is 10.1. The van der Waals surface area contributed by atoms with Crippen LogP contribution in [-0.2, 0) is 15.6 Å². The lowest BCUT2D eigenvalue weighted by Crippen LogP contribution is -1.99. The molecule has 110 valence electrons. The van der Waals surface area contributed by atoms with Gasteiger partial charge in [0.15, 0.2) is 9.84 Å². The summed E-state index contributed by atoms with van der Waals surface area (Å²) in [4.78, 5) is 0. The van der Waals surface area contributed by atoms with Gasteiger partial charge in [-0.2, -0.15) is 0 Å². The van der Waals surface area contributed by atoms with E-state index in [0.29, 0.717) is 15.6 Å². The number of hydrogen-bond donors (Lipinski definition) is 1. The number of benzene rings is 2. The van der Waals surface area contributed by atoms with Crippen LogP contribution in [0, 0.1) is 5.82 Å². The maximum Gasteiger partial charge on any atom is 0.175 e. The van der Waals surface area contributed by atoms with Crippen molar-refractivity contribution in [1.82, 2.24) is 0 Å². The topological polar surface area (TPSA) is 54.4 Å². The normalized spacial score (nSPS) is 11.9. The van der Waals surface area contributed by atoms with Gasteiger partial charge in [-0.1, -0.05) is 18.2 Å². The number of hydrogen-bond acceptors (Lipinski definition) is 3. The molecule has 0 heterocycles. The predicted molar refractivity (Wildman–Crippen MR) is 83.9 cm³/mol. The number of rotatable bonds is 4. The third-order valence-corrected chi connectivity index (χ3v) is 4.67. The van der Waals surface area contributed by atoms with E-state index in [0.717, 1.165) is 5.41 Å². The Balaban J connectivity index is 2.14. The van der Waals surface area contributed by atoms with Gasteiger partial charge in [-0.15, -0.1) is 0 Å². The Kier molecular flexibility index (Phi) is 4.80. The molecule has 6 heteroatoms. The molecule has 0 fully saturated rings. The molecule has 0 aromatic heterocycles. The van der Waals surface area contributed by atoms with Crippen LogP contribution in [0.5, 0.6) is 5.75 Å². The summed E-state index contributed by atoms with van der Waals surface area (Å²) in [5, 5.41) is 10.6. The Morgan fingerprint density at radius 1 is 1.14 bits per heavy atom. The second-order valence-electron chi connectivity index (χ2n) is 4.45. The molecule has 0 amide bonds. The van der Waals surface area contributed by atoms with E-state index < -0.39 is 9.84 Å². The fourth-order valence-electron chi connectivity index (χ4n) is 1.68. The highest BCUT2D eigenvalue weighted by molar-refractivity contribution is 9.10. The van der Waals surface area contributed by atoms with Crippen molar-refractivity contribution < 1.29 is 17.9 Å². The summed E-state index contributed by atoms with van der Waals surface area (Å²) in [5.41, 5.74) is 1.08. The minimum absolute atomic E-state index is 0.00906. The molecular weight excluding hydrogens is 359 g/mol. The molecule has 0 radical (unpaired) electrons.